The summed E-state index contributed by atoms with van der Waals surface area (Å²) in [6.07, 6.45) is 4.25. The Morgan fingerprint density at radius 2 is 1.88 bits per heavy atom. The van der Waals surface area contributed by atoms with E-state index in [1.165, 1.54) is 33.3 Å². The van der Waals surface area contributed by atoms with Gasteiger partial charge in [0.05, 0.1) is 12.3 Å². The minimum Gasteiger partial charge on any atom is -0.492 e. The SMILES string of the molecule is CCOc1ccc(-c2[nH]c3ccc(C(C)CC)cc3c2CCCCN)c2ccc(C)nc12. The van der Waals surface area contributed by atoms with Crippen LogP contribution in [-0.2, 0) is 6.42 Å². The summed E-state index contributed by atoms with van der Waals surface area (Å²) in [5.74, 6) is 1.39. The molecule has 4 nitrogen and oxygen atoms in total. The van der Waals surface area contributed by atoms with Crippen LogP contribution in [0, 0.1) is 6.92 Å². The second kappa shape index (κ2) is 9.74. The zero-order chi connectivity index (χ0) is 22.7. The molecule has 0 bridgehead atoms. The van der Waals surface area contributed by atoms with E-state index in [2.05, 4.69) is 61.3 Å². The molecule has 4 rings (SSSR count). The fraction of sp³-hybridized carbons (Fsp3) is 0.393. The van der Waals surface area contributed by atoms with Gasteiger partial charge in [-0.25, -0.2) is 4.98 Å². The number of ether oxygens (including phenoxy) is 1. The fourth-order valence-corrected chi connectivity index (χ4v) is 4.52. The number of aromatic nitrogens is 2. The fourth-order valence-electron chi connectivity index (χ4n) is 4.52. The first kappa shape index (κ1) is 22.3. The first-order valence-electron chi connectivity index (χ1n) is 11.9. The maximum Gasteiger partial charge on any atom is 0.145 e. The Balaban J connectivity index is 1.94. The normalized spacial score (nSPS) is 12.5. The van der Waals surface area contributed by atoms with Gasteiger partial charge in [0.15, 0.2) is 0 Å². The van der Waals surface area contributed by atoms with Crippen molar-refractivity contribution in [2.45, 2.75) is 59.3 Å². The predicted molar refractivity (Wildman–Crippen MR) is 136 cm³/mol. The number of aromatic amines is 1. The lowest BCUT2D eigenvalue weighted by Crippen LogP contribution is -2.00. The van der Waals surface area contributed by atoms with Crippen molar-refractivity contribution < 1.29 is 4.74 Å². The van der Waals surface area contributed by atoms with Crippen molar-refractivity contribution in [2.75, 3.05) is 13.2 Å². The molecule has 32 heavy (non-hydrogen) atoms. The number of unbranched alkanes of at least 4 members (excludes halogenated alkanes) is 1. The smallest absolute Gasteiger partial charge is 0.145 e. The Morgan fingerprint density at radius 3 is 2.62 bits per heavy atom. The Labute approximate surface area is 191 Å². The molecule has 0 saturated heterocycles. The van der Waals surface area contributed by atoms with Gasteiger partial charge >= 0.3 is 0 Å². The zero-order valence-corrected chi connectivity index (χ0v) is 19.8. The second-order valence-corrected chi connectivity index (χ2v) is 8.73. The highest BCUT2D eigenvalue weighted by molar-refractivity contribution is 6.01. The van der Waals surface area contributed by atoms with Gasteiger partial charge in [-0.2, -0.15) is 0 Å². The minimum atomic E-state index is 0.549. The van der Waals surface area contributed by atoms with Gasteiger partial charge in [0.25, 0.3) is 0 Å². The van der Waals surface area contributed by atoms with E-state index < -0.39 is 0 Å². The lowest BCUT2D eigenvalue weighted by atomic mass is 9.94. The summed E-state index contributed by atoms with van der Waals surface area (Å²) in [5.41, 5.74) is 14.1. The van der Waals surface area contributed by atoms with Crippen LogP contribution in [-0.4, -0.2) is 23.1 Å². The van der Waals surface area contributed by atoms with Crippen LogP contribution in [0.25, 0.3) is 33.1 Å². The molecule has 3 N–H and O–H groups in total. The predicted octanol–water partition coefficient (Wildman–Crippen LogP) is 6.89. The molecule has 168 valence electrons. The topological polar surface area (TPSA) is 63.9 Å². The minimum absolute atomic E-state index is 0.549. The maximum atomic E-state index is 5.90. The van der Waals surface area contributed by atoms with Crippen molar-refractivity contribution in [3.63, 3.8) is 0 Å². The molecular formula is C28H35N3O. The van der Waals surface area contributed by atoms with Crippen molar-refractivity contribution in [1.82, 2.24) is 9.97 Å². The van der Waals surface area contributed by atoms with Crippen LogP contribution in [0.1, 0.15) is 62.8 Å². The molecule has 0 spiro atoms. The molecule has 2 heterocycles. The summed E-state index contributed by atoms with van der Waals surface area (Å²) < 4.78 is 5.90. The van der Waals surface area contributed by atoms with E-state index in [0.717, 1.165) is 54.6 Å². The number of hydrogen-bond donors (Lipinski definition) is 2. The van der Waals surface area contributed by atoms with Crippen LogP contribution in [0.2, 0.25) is 0 Å². The Hall–Kier alpha value is -2.85. The van der Waals surface area contributed by atoms with E-state index in [9.17, 15) is 0 Å². The maximum absolute atomic E-state index is 5.90. The standard InChI is InChI=1S/C28H35N3O/c1-5-18(3)20-11-14-25-24(17-20)21(9-7-8-16-29)27(31-25)22-13-15-26(32-6-2)28-23(22)12-10-19(4)30-28/h10-15,17-18,31H,5-9,16,29H2,1-4H3. The molecule has 0 aliphatic rings. The van der Waals surface area contributed by atoms with Crippen molar-refractivity contribution in [2.24, 2.45) is 5.73 Å². The molecule has 0 amide bonds. The number of hydrogen-bond acceptors (Lipinski definition) is 3. The highest BCUT2D eigenvalue weighted by Gasteiger charge is 2.18. The van der Waals surface area contributed by atoms with Crippen molar-refractivity contribution in [3.8, 4) is 17.0 Å². The van der Waals surface area contributed by atoms with Crippen molar-refractivity contribution >= 4 is 21.8 Å². The van der Waals surface area contributed by atoms with Gasteiger partial charge in [-0.3, -0.25) is 0 Å². The van der Waals surface area contributed by atoms with Gasteiger partial charge in [0, 0.05) is 27.5 Å². The largest absolute Gasteiger partial charge is 0.492 e. The monoisotopic (exact) mass is 429 g/mol. The summed E-state index contributed by atoms with van der Waals surface area (Å²) in [6.45, 7) is 9.94. The number of nitrogens with one attached hydrogen (secondary N) is 1. The summed E-state index contributed by atoms with van der Waals surface area (Å²) >= 11 is 0. The van der Waals surface area contributed by atoms with Gasteiger partial charge in [0.2, 0.25) is 0 Å². The molecule has 4 aromatic rings. The summed E-state index contributed by atoms with van der Waals surface area (Å²) in [5, 5.41) is 2.45. The van der Waals surface area contributed by atoms with Crippen LogP contribution in [0.3, 0.4) is 0 Å². The molecule has 2 aromatic carbocycles. The Kier molecular flexibility index (Phi) is 6.80. The number of fused-ring (bicyclic) bond motifs is 2. The Morgan fingerprint density at radius 1 is 1.03 bits per heavy atom. The summed E-state index contributed by atoms with van der Waals surface area (Å²) in [7, 11) is 0. The van der Waals surface area contributed by atoms with Crippen molar-refractivity contribution in [1.29, 1.82) is 0 Å². The number of aryl methyl sites for hydroxylation is 2. The number of benzene rings is 2. The van der Waals surface area contributed by atoms with Crippen LogP contribution >= 0.6 is 0 Å². The van der Waals surface area contributed by atoms with Crippen LogP contribution in [0.5, 0.6) is 5.75 Å². The first-order chi connectivity index (χ1) is 15.6. The van der Waals surface area contributed by atoms with Gasteiger partial charge < -0.3 is 15.5 Å². The average Bonchev–Trinajstić information content (AvgIpc) is 3.16. The highest BCUT2D eigenvalue weighted by atomic mass is 16.5. The first-order valence-corrected chi connectivity index (χ1v) is 11.9. The Bertz CT molecular complexity index is 1220. The third kappa shape index (κ3) is 4.24. The quantitative estimate of drug-likeness (QED) is 0.285. The zero-order valence-electron chi connectivity index (χ0n) is 19.8. The lowest BCUT2D eigenvalue weighted by molar-refractivity contribution is 0.343. The molecule has 0 radical (unpaired) electrons. The van der Waals surface area contributed by atoms with E-state index in [1.54, 1.807) is 0 Å². The van der Waals surface area contributed by atoms with Crippen LogP contribution in [0.4, 0.5) is 0 Å². The van der Waals surface area contributed by atoms with Gasteiger partial charge in [0.1, 0.15) is 11.3 Å². The van der Waals surface area contributed by atoms with E-state index in [1.807, 2.05) is 13.8 Å². The molecule has 1 atom stereocenters. The molecule has 2 aromatic heterocycles. The molecule has 0 fully saturated rings. The number of H-pyrrole nitrogens is 1. The molecular weight excluding hydrogens is 394 g/mol. The third-order valence-corrected chi connectivity index (χ3v) is 6.52. The van der Waals surface area contributed by atoms with E-state index in [0.29, 0.717) is 12.5 Å². The van der Waals surface area contributed by atoms with Crippen LogP contribution in [0.15, 0.2) is 42.5 Å². The van der Waals surface area contributed by atoms with Crippen molar-refractivity contribution in [3.05, 3.63) is 59.3 Å². The van der Waals surface area contributed by atoms with Crippen LogP contribution < -0.4 is 10.5 Å². The number of pyridine rings is 1. The summed E-state index contributed by atoms with van der Waals surface area (Å²) in [6, 6.07) is 15.4. The molecule has 0 aliphatic heterocycles. The van der Waals surface area contributed by atoms with Gasteiger partial charge in [-0.1, -0.05) is 26.0 Å². The van der Waals surface area contributed by atoms with Gasteiger partial charge in [-0.15, -0.1) is 0 Å². The summed E-state index contributed by atoms with van der Waals surface area (Å²) in [4.78, 5) is 8.58. The van der Waals surface area contributed by atoms with E-state index >= 15 is 0 Å². The molecule has 0 aliphatic carbocycles. The molecule has 1 unspecified atom stereocenters. The number of nitrogens with zero attached hydrogens (tertiary/aromatic N) is 1. The van der Waals surface area contributed by atoms with Gasteiger partial charge in [-0.05, 0) is 93.5 Å². The average molecular weight is 430 g/mol. The molecule has 4 heteroatoms. The lowest BCUT2D eigenvalue weighted by Gasteiger charge is -2.13. The highest BCUT2D eigenvalue weighted by Crippen LogP contribution is 2.39. The van der Waals surface area contributed by atoms with E-state index in [4.69, 9.17) is 15.5 Å². The number of nitrogens with two attached hydrogens (primary N) is 1. The molecule has 0 saturated carbocycles. The van der Waals surface area contributed by atoms with E-state index in [-0.39, 0.29) is 0 Å². The second-order valence-electron chi connectivity index (χ2n) is 8.73. The third-order valence-electron chi connectivity index (χ3n) is 6.52. The number of rotatable bonds is 9.